The number of ether oxygens (including phenoxy) is 3. The summed E-state index contributed by atoms with van der Waals surface area (Å²) in [6.07, 6.45) is -7.62. The molecule has 112 valence electrons. The number of hydrogen-bond acceptors (Lipinski definition) is 8. The molecule has 0 radical (unpaired) electrons. The van der Waals surface area contributed by atoms with Crippen molar-refractivity contribution in [1.82, 2.24) is 0 Å². The second-order valence-electron chi connectivity index (χ2n) is 4.25. The summed E-state index contributed by atoms with van der Waals surface area (Å²) in [6, 6.07) is 0. The molecular formula is C11H20O8. The van der Waals surface area contributed by atoms with Crippen LogP contribution in [0.3, 0.4) is 0 Å². The Morgan fingerprint density at radius 1 is 1.26 bits per heavy atom. The fraction of sp³-hybridized carbons (Fsp3) is 0.909. The van der Waals surface area contributed by atoms with E-state index in [1.807, 2.05) is 0 Å². The normalized spacial score (nSPS) is 36.8. The number of rotatable bonds is 5. The molecule has 8 heteroatoms. The Hall–Kier alpha value is -0.770. The van der Waals surface area contributed by atoms with Crippen LogP contribution in [0.5, 0.6) is 0 Å². The Morgan fingerprint density at radius 2 is 1.89 bits per heavy atom. The molecule has 1 aliphatic heterocycles. The summed E-state index contributed by atoms with van der Waals surface area (Å²) in [4.78, 5) is 11.4. The minimum absolute atomic E-state index is 0.279. The molecule has 0 aromatic carbocycles. The summed E-state index contributed by atoms with van der Waals surface area (Å²) in [5.41, 5.74) is 0. The molecule has 19 heavy (non-hydrogen) atoms. The van der Waals surface area contributed by atoms with Gasteiger partial charge in [-0.25, -0.2) is 4.79 Å². The van der Waals surface area contributed by atoms with E-state index in [-0.39, 0.29) is 6.42 Å². The fourth-order valence-corrected chi connectivity index (χ4v) is 1.79. The fourth-order valence-electron chi connectivity index (χ4n) is 1.79. The van der Waals surface area contributed by atoms with Gasteiger partial charge in [0.1, 0.15) is 24.4 Å². The van der Waals surface area contributed by atoms with E-state index in [4.69, 9.17) is 14.6 Å². The van der Waals surface area contributed by atoms with Crippen LogP contribution < -0.4 is 0 Å². The molecule has 0 saturated carbocycles. The predicted molar refractivity (Wildman–Crippen MR) is 60.9 cm³/mol. The van der Waals surface area contributed by atoms with E-state index < -0.39 is 49.4 Å². The largest absolute Gasteiger partial charge is 0.467 e. The smallest absolute Gasteiger partial charge is 0.335 e. The molecule has 8 nitrogen and oxygen atoms in total. The number of aliphatic hydroxyl groups is 4. The lowest BCUT2D eigenvalue weighted by Gasteiger charge is -2.40. The average molecular weight is 280 g/mol. The third-order valence-corrected chi connectivity index (χ3v) is 2.98. The second kappa shape index (κ2) is 7.13. The van der Waals surface area contributed by atoms with Gasteiger partial charge in [-0.15, -0.1) is 0 Å². The average Bonchev–Trinajstić information content (AvgIpc) is 2.43. The zero-order valence-electron chi connectivity index (χ0n) is 10.8. The van der Waals surface area contributed by atoms with E-state index in [0.29, 0.717) is 0 Å². The molecule has 1 heterocycles. The Labute approximate surface area is 110 Å². The maximum Gasteiger partial charge on any atom is 0.335 e. The second-order valence-corrected chi connectivity index (χ2v) is 4.25. The molecule has 6 atom stereocenters. The van der Waals surface area contributed by atoms with Crippen molar-refractivity contribution in [2.75, 3.05) is 13.7 Å². The number of hydrogen-bond donors (Lipinski definition) is 4. The molecule has 1 fully saturated rings. The molecule has 1 aliphatic rings. The van der Waals surface area contributed by atoms with Crippen LogP contribution in [0.15, 0.2) is 0 Å². The van der Waals surface area contributed by atoms with Crippen LogP contribution in [0.1, 0.15) is 13.3 Å². The minimum atomic E-state index is -1.54. The monoisotopic (exact) mass is 280 g/mol. The molecule has 1 saturated heterocycles. The van der Waals surface area contributed by atoms with Gasteiger partial charge in [0.15, 0.2) is 12.4 Å². The van der Waals surface area contributed by atoms with Gasteiger partial charge in [0, 0.05) is 0 Å². The molecule has 4 N–H and O–H groups in total. The van der Waals surface area contributed by atoms with E-state index in [2.05, 4.69) is 4.74 Å². The van der Waals surface area contributed by atoms with Crippen LogP contribution in [0, 0.1) is 0 Å². The summed E-state index contributed by atoms with van der Waals surface area (Å²) < 4.78 is 14.9. The maximum atomic E-state index is 11.4. The lowest BCUT2D eigenvalue weighted by atomic mass is 9.99. The summed E-state index contributed by atoms with van der Waals surface area (Å²) in [5, 5.41) is 37.9. The number of methoxy groups -OCH3 is 1. The predicted octanol–water partition coefficient (Wildman–Crippen LogP) is -2.25. The number of esters is 1. The third-order valence-electron chi connectivity index (χ3n) is 2.98. The molecule has 0 aromatic heterocycles. The van der Waals surface area contributed by atoms with Gasteiger partial charge in [0.25, 0.3) is 0 Å². The van der Waals surface area contributed by atoms with Gasteiger partial charge in [-0.2, -0.15) is 0 Å². The lowest BCUT2D eigenvalue weighted by Crippen LogP contribution is -2.60. The molecule has 1 unspecified atom stereocenters. The van der Waals surface area contributed by atoms with Crippen LogP contribution in [0.4, 0.5) is 0 Å². The van der Waals surface area contributed by atoms with Crippen molar-refractivity contribution in [3.05, 3.63) is 0 Å². The first-order chi connectivity index (χ1) is 8.96. The number of carbonyl (C=O) groups is 1. The van der Waals surface area contributed by atoms with Crippen molar-refractivity contribution >= 4 is 5.97 Å². The molecule has 0 aliphatic carbocycles. The first-order valence-corrected chi connectivity index (χ1v) is 6.00. The Balaban J connectivity index is 2.73. The van der Waals surface area contributed by atoms with Crippen molar-refractivity contribution in [2.24, 2.45) is 0 Å². The highest BCUT2D eigenvalue weighted by atomic mass is 16.7. The first-order valence-electron chi connectivity index (χ1n) is 6.00. The number of carbonyl (C=O) groups excluding carboxylic acids is 1. The Kier molecular flexibility index (Phi) is 6.11. The molecular weight excluding hydrogens is 260 g/mol. The van der Waals surface area contributed by atoms with Crippen LogP contribution >= 0.6 is 0 Å². The minimum Gasteiger partial charge on any atom is -0.467 e. The van der Waals surface area contributed by atoms with Crippen LogP contribution in [-0.2, 0) is 19.0 Å². The van der Waals surface area contributed by atoms with Gasteiger partial charge in [-0.1, -0.05) is 6.92 Å². The van der Waals surface area contributed by atoms with Crippen LogP contribution in [0.2, 0.25) is 0 Å². The molecule has 1 rings (SSSR count). The Morgan fingerprint density at radius 3 is 2.37 bits per heavy atom. The zero-order chi connectivity index (χ0) is 14.6. The van der Waals surface area contributed by atoms with Crippen molar-refractivity contribution in [2.45, 2.75) is 50.2 Å². The zero-order valence-corrected chi connectivity index (χ0v) is 10.8. The van der Waals surface area contributed by atoms with E-state index in [1.54, 1.807) is 6.92 Å². The highest BCUT2D eigenvalue weighted by Gasteiger charge is 2.45. The highest BCUT2D eigenvalue weighted by Crippen LogP contribution is 2.23. The SMILES string of the molecule is CCC(O[C@@H]1O[C@H](CO)[C@H](O)[C@H](O)[C@H]1O)C(=O)OC. The molecule has 0 aromatic rings. The number of aliphatic hydroxyl groups excluding tert-OH is 4. The van der Waals surface area contributed by atoms with E-state index in [0.717, 1.165) is 0 Å². The maximum absolute atomic E-state index is 11.4. The van der Waals surface area contributed by atoms with Gasteiger partial charge in [-0.05, 0) is 6.42 Å². The van der Waals surface area contributed by atoms with Gasteiger partial charge >= 0.3 is 5.97 Å². The van der Waals surface area contributed by atoms with Crippen LogP contribution in [0.25, 0.3) is 0 Å². The van der Waals surface area contributed by atoms with Crippen molar-refractivity contribution in [1.29, 1.82) is 0 Å². The van der Waals surface area contributed by atoms with Gasteiger partial charge in [0.05, 0.1) is 13.7 Å². The van der Waals surface area contributed by atoms with E-state index in [9.17, 15) is 20.1 Å². The van der Waals surface area contributed by atoms with Crippen molar-refractivity contribution in [3.8, 4) is 0 Å². The molecule has 0 spiro atoms. The standard InChI is InChI=1S/C11H20O8/c1-3-5(10(16)17-2)18-11-9(15)8(14)7(13)6(4-12)19-11/h5-9,11-15H,3-4H2,1-2H3/t5?,6-,7+,8+,9-,11-/m1/s1. The molecule has 0 bridgehead atoms. The quantitative estimate of drug-likeness (QED) is 0.416. The van der Waals surface area contributed by atoms with Gasteiger partial charge in [0.2, 0.25) is 0 Å². The van der Waals surface area contributed by atoms with Crippen molar-refractivity contribution in [3.63, 3.8) is 0 Å². The van der Waals surface area contributed by atoms with E-state index >= 15 is 0 Å². The summed E-state index contributed by atoms with van der Waals surface area (Å²) in [7, 11) is 1.20. The molecule has 0 amide bonds. The van der Waals surface area contributed by atoms with Crippen LogP contribution in [-0.4, -0.2) is 76.9 Å². The van der Waals surface area contributed by atoms with Gasteiger partial charge in [-0.3, -0.25) is 0 Å². The summed E-state index contributed by atoms with van der Waals surface area (Å²) in [5.74, 6) is -0.639. The van der Waals surface area contributed by atoms with E-state index in [1.165, 1.54) is 7.11 Å². The topological polar surface area (TPSA) is 126 Å². The summed E-state index contributed by atoms with van der Waals surface area (Å²) in [6.45, 7) is 1.12. The third kappa shape index (κ3) is 3.62. The lowest BCUT2D eigenvalue weighted by molar-refractivity contribution is -0.310. The summed E-state index contributed by atoms with van der Waals surface area (Å²) >= 11 is 0. The first kappa shape index (κ1) is 16.3. The highest BCUT2D eigenvalue weighted by molar-refractivity contribution is 5.74. The Bertz CT molecular complexity index is 294. The van der Waals surface area contributed by atoms with Crippen molar-refractivity contribution < 1.29 is 39.4 Å². The van der Waals surface area contributed by atoms with Gasteiger partial charge < -0.3 is 34.6 Å².